The number of hydrogen-bond donors (Lipinski definition) is 15. The minimum Gasteiger partial charge on any atom is -0.507 e. The van der Waals surface area contributed by atoms with Crippen molar-refractivity contribution < 1.29 is 115 Å². The highest BCUT2D eigenvalue weighted by Crippen LogP contribution is 2.56. The van der Waals surface area contributed by atoms with Gasteiger partial charge in [-0.3, -0.25) is 0 Å². The lowest BCUT2D eigenvalue weighted by atomic mass is 9.85. The Hall–Kier alpha value is -8.41. The second kappa shape index (κ2) is 15.7. The van der Waals surface area contributed by atoms with Crippen LogP contribution in [0.5, 0.6) is 80.5 Å². The van der Waals surface area contributed by atoms with Gasteiger partial charge >= 0.3 is 17.9 Å². The molecule has 8 rings (SSSR count). The SMILES string of the molecule is O=C(OC[C@H]1O[C@H](c2c(O)cc(O)c3c2O[C@@H](c2ccc(O)c(O)c2)C[C@@H]3O)[C@H]2OC(=O)c3cc(O)c(O)c(O)c3-c3c(cc(O)c(O)c3O)C(=O)O[C@H]2[C@@H]1O)c1cc(O)c(O)c(O)c1. The van der Waals surface area contributed by atoms with Gasteiger partial charge in [0.05, 0.1) is 33.9 Å². The third kappa shape index (κ3) is 7.13. The molecule has 0 saturated carbocycles. The molecule has 5 aromatic rings. The van der Waals surface area contributed by atoms with Crippen LogP contribution < -0.4 is 4.74 Å². The molecule has 3 aliphatic heterocycles. The highest BCUT2D eigenvalue weighted by Gasteiger charge is 2.54. The minimum absolute atomic E-state index is 0.127. The molecule has 65 heavy (non-hydrogen) atoms. The van der Waals surface area contributed by atoms with E-state index in [0.29, 0.717) is 30.3 Å². The van der Waals surface area contributed by atoms with E-state index in [0.717, 1.165) is 12.1 Å². The summed E-state index contributed by atoms with van der Waals surface area (Å²) in [5.41, 5.74) is -5.33. The van der Waals surface area contributed by atoms with Crippen LogP contribution in [0.1, 0.15) is 72.5 Å². The number of aromatic hydroxyl groups is 13. The smallest absolute Gasteiger partial charge is 0.339 e. The molecule has 3 heterocycles. The van der Waals surface area contributed by atoms with Crippen LogP contribution in [0, 0.1) is 0 Å². The number of aliphatic hydroxyl groups excluding tert-OH is 2. The number of carbonyl (C=O) groups excluding carboxylic acids is 3. The Kier molecular flexibility index (Phi) is 10.5. The van der Waals surface area contributed by atoms with Crippen LogP contribution in [0.15, 0.2) is 48.5 Å². The highest BCUT2D eigenvalue weighted by molar-refractivity contribution is 6.08. The number of aliphatic hydroxyl groups is 2. The van der Waals surface area contributed by atoms with E-state index in [4.69, 9.17) is 23.7 Å². The Morgan fingerprint density at radius 1 is 0.569 bits per heavy atom. The van der Waals surface area contributed by atoms with Crippen molar-refractivity contribution in [3.05, 3.63) is 81.9 Å². The zero-order valence-electron chi connectivity index (χ0n) is 32.5. The quantitative estimate of drug-likeness (QED) is 0.0684. The molecule has 0 radical (unpaired) electrons. The van der Waals surface area contributed by atoms with E-state index in [1.165, 1.54) is 6.07 Å². The van der Waals surface area contributed by atoms with Crippen LogP contribution in [0.4, 0.5) is 0 Å². The molecule has 7 atom stereocenters. The summed E-state index contributed by atoms with van der Waals surface area (Å²) in [4.78, 5) is 41.9. The van der Waals surface area contributed by atoms with Gasteiger partial charge in [-0.1, -0.05) is 6.07 Å². The van der Waals surface area contributed by atoms with E-state index in [2.05, 4.69) is 0 Å². The second-order valence-corrected chi connectivity index (χ2v) is 15.0. The predicted octanol–water partition coefficient (Wildman–Crippen LogP) is 2.51. The molecule has 5 aromatic carbocycles. The monoisotopic (exact) mass is 906 g/mol. The van der Waals surface area contributed by atoms with Crippen molar-refractivity contribution in [3.63, 3.8) is 0 Å². The maximum absolute atomic E-state index is 14.4. The topological polar surface area (TPSA) is 401 Å². The van der Waals surface area contributed by atoms with E-state index >= 15 is 0 Å². The first-order valence-electron chi connectivity index (χ1n) is 18.9. The van der Waals surface area contributed by atoms with Crippen LogP contribution in [0.2, 0.25) is 0 Å². The molecule has 23 nitrogen and oxygen atoms in total. The molecule has 0 unspecified atom stereocenters. The summed E-state index contributed by atoms with van der Waals surface area (Å²) in [5.74, 6) is -18.6. The molecule has 0 amide bonds. The van der Waals surface area contributed by atoms with Crippen molar-refractivity contribution in [2.24, 2.45) is 0 Å². The van der Waals surface area contributed by atoms with E-state index in [1.54, 1.807) is 0 Å². The fourth-order valence-electron chi connectivity index (χ4n) is 7.86. The van der Waals surface area contributed by atoms with Crippen LogP contribution in [-0.4, -0.2) is 126 Å². The summed E-state index contributed by atoms with van der Waals surface area (Å²) >= 11 is 0. The number of rotatable bonds is 5. The van der Waals surface area contributed by atoms with Gasteiger partial charge in [0.15, 0.2) is 64.0 Å². The van der Waals surface area contributed by atoms with Gasteiger partial charge in [0.2, 0.25) is 11.5 Å². The summed E-state index contributed by atoms with van der Waals surface area (Å²) in [6.07, 6.45) is -14.1. The number of phenols is 13. The average Bonchev–Trinajstić information content (AvgIpc) is 3.25. The van der Waals surface area contributed by atoms with Crippen molar-refractivity contribution >= 4 is 17.9 Å². The van der Waals surface area contributed by atoms with E-state index in [-0.39, 0.29) is 12.0 Å². The lowest BCUT2D eigenvalue weighted by Crippen LogP contribution is -2.58. The number of ether oxygens (including phenoxy) is 5. The highest BCUT2D eigenvalue weighted by atomic mass is 16.6. The van der Waals surface area contributed by atoms with E-state index in [9.17, 15) is 91.0 Å². The molecule has 0 bridgehead atoms. The fourth-order valence-corrected chi connectivity index (χ4v) is 7.86. The number of hydrogen-bond acceptors (Lipinski definition) is 23. The van der Waals surface area contributed by atoms with Gasteiger partial charge in [-0.2, -0.15) is 0 Å². The Morgan fingerprint density at radius 3 is 1.68 bits per heavy atom. The molecule has 1 saturated heterocycles. The second-order valence-electron chi connectivity index (χ2n) is 15.0. The third-order valence-electron chi connectivity index (χ3n) is 11.0. The lowest BCUT2D eigenvalue weighted by molar-refractivity contribution is -0.232. The molecule has 3 aliphatic rings. The van der Waals surface area contributed by atoms with Crippen molar-refractivity contribution in [1.29, 1.82) is 0 Å². The first-order chi connectivity index (χ1) is 30.7. The van der Waals surface area contributed by atoms with Crippen LogP contribution in [0.3, 0.4) is 0 Å². The van der Waals surface area contributed by atoms with Gasteiger partial charge in [0, 0.05) is 23.6 Å². The lowest BCUT2D eigenvalue weighted by Gasteiger charge is -2.45. The molecular weight excluding hydrogens is 872 g/mol. The van der Waals surface area contributed by atoms with Crippen LogP contribution in [0.25, 0.3) is 11.1 Å². The van der Waals surface area contributed by atoms with Gasteiger partial charge in [-0.05, 0) is 42.0 Å². The molecule has 0 aromatic heterocycles. The molecule has 0 spiro atoms. The van der Waals surface area contributed by atoms with E-state index in [1.807, 2.05) is 0 Å². The Morgan fingerprint density at radius 2 is 1.11 bits per heavy atom. The minimum atomic E-state index is -2.28. The van der Waals surface area contributed by atoms with Crippen molar-refractivity contribution in [2.75, 3.05) is 6.61 Å². The summed E-state index contributed by atoms with van der Waals surface area (Å²) < 4.78 is 29.1. The molecule has 1 fully saturated rings. The van der Waals surface area contributed by atoms with Crippen molar-refractivity contribution in [1.82, 2.24) is 0 Å². The van der Waals surface area contributed by atoms with Gasteiger partial charge in [-0.15, -0.1) is 0 Å². The van der Waals surface area contributed by atoms with Gasteiger partial charge < -0.3 is 100 Å². The molecule has 0 aliphatic carbocycles. The molecule has 340 valence electrons. The zero-order valence-corrected chi connectivity index (χ0v) is 32.5. The summed E-state index contributed by atoms with van der Waals surface area (Å²) in [7, 11) is 0. The van der Waals surface area contributed by atoms with Gasteiger partial charge in [-0.25, -0.2) is 14.4 Å². The Labute approximate surface area is 361 Å². The number of benzene rings is 5. The predicted molar refractivity (Wildman–Crippen MR) is 208 cm³/mol. The zero-order chi connectivity index (χ0) is 47.1. The molecular formula is C42H34O23. The number of phenolic OH excluding ortho intramolecular Hbond substituents is 13. The largest absolute Gasteiger partial charge is 0.507 e. The Bertz CT molecular complexity index is 2810. The van der Waals surface area contributed by atoms with E-state index < -0.39 is 187 Å². The maximum Gasteiger partial charge on any atom is 0.339 e. The van der Waals surface area contributed by atoms with Gasteiger partial charge in [0.1, 0.15) is 48.3 Å². The van der Waals surface area contributed by atoms with Crippen LogP contribution in [-0.2, 0) is 18.9 Å². The standard InChI is InChI=1S/C42H34O23/c43-15-2-1-11(3-16(15)44)24-9-19(47)28-17(45)8-18(46)29(36(28)62-24)37-39-38(33(55)25(63-37)10-61-40(58)12-4-20(48)30(52)21(49)5-12)64-41(59)13-6-22(50)31(53)34(56)26(13)27-14(42(60)65-39)7-23(51)32(54)35(27)57/h1-8,19,24-25,33,37-39,43-57H,9-10H2/t19-,24+,25+,33+,37+,38-,39+/m0/s1. The molecule has 23 heteroatoms. The molecule has 15 N–H and O–H groups in total. The van der Waals surface area contributed by atoms with Crippen molar-refractivity contribution in [3.8, 4) is 91.6 Å². The average molecular weight is 907 g/mol. The summed E-state index contributed by atoms with van der Waals surface area (Å²) in [6.45, 7) is -1.05. The Balaban J connectivity index is 1.31. The maximum atomic E-state index is 14.4. The number of carbonyl (C=O) groups is 3. The first-order valence-corrected chi connectivity index (χ1v) is 18.9. The summed E-state index contributed by atoms with van der Waals surface area (Å²) in [6, 6.07) is 6.62. The fraction of sp³-hybridized carbons (Fsp3) is 0.214. The third-order valence-corrected chi connectivity index (χ3v) is 11.0. The number of fused-ring (bicyclic) bond motifs is 5. The van der Waals surface area contributed by atoms with Crippen LogP contribution >= 0.6 is 0 Å². The van der Waals surface area contributed by atoms with Crippen molar-refractivity contribution in [2.45, 2.75) is 49.1 Å². The first kappa shape index (κ1) is 43.2. The summed E-state index contributed by atoms with van der Waals surface area (Å²) in [5, 5.41) is 160. The normalized spacial score (nSPS) is 22.5. The number of esters is 3. The van der Waals surface area contributed by atoms with Gasteiger partial charge in [0.25, 0.3) is 0 Å².